The number of halogens is 1. The molecule has 6 nitrogen and oxygen atoms in total. The van der Waals surface area contributed by atoms with Crippen LogP contribution in [-0.4, -0.2) is 49.2 Å². The molecule has 0 heterocycles. The average molecular weight is 378 g/mol. The maximum Gasteiger partial charge on any atom is 0.323 e. The first-order valence-electron chi connectivity index (χ1n) is 7.92. The Balaban J connectivity index is 2.14. The Bertz CT molecular complexity index is 776. The number of hydrogen-bond acceptors (Lipinski definition) is 4. The van der Waals surface area contributed by atoms with E-state index < -0.39 is 5.97 Å². The van der Waals surface area contributed by atoms with Gasteiger partial charge in [0.25, 0.3) is 5.91 Å². The van der Waals surface area contributed by atoms with Crippen molar-refractivity contribution in [2.45, 2.75) is 6.42 Å². The predicted molar refractivity (Wildman–Crippen MR) is 98.2 cm³/mol. The Morgan fingerprint density at radius 1 is 1.04 bits per heavy atom. The van der Waals surface area contributed by atoms with Crippen LogP contribution in [0, 0.1) is 0 Å². The summed E-state index contributed by atoms with van der Waals surface area (Å²) in [7, 11) is 3.10. The zero-order chi connectivity index (χ0) is 19.1. The molecular weight excluding hydrogens is 358 g/mol. The molecular formula is C19H20ClNO5. The van der Waals surface area contributed by atoms with Gasteiger partial charge in [-0.05, 0) is 48.4 Å². The Hall–Kier alpha value is -2.73. The van der Waals surface area contributed by atoms with Crippen molar-refractivity contribution in [3.8, 4) is 11.5 Å². The van der Waals surface area contributed by atoms with Gasteiger partial charge in [0.1, 0.15) is 6.54 Å². The number of amides is 1. The third-order valence-electron chi connectivity index (χ3n) is 3.82. The first-order chi connectivity index (χ1) is 12.4. The van der Waals surface area contributed by atoms with Crippen LogP contribution in [-0.2, 0) is 11.2 Å². The van der Waals surface area contributed by atoms with Crippen LogP contribution in [0.25, 0.3) is 0 Å². The summed E-state index contributed by atoms with van der Waals surface area (Å²) in [5.74, 6) is -0.237. The molecule has 0 aliphatic carbocycles. The van der Waals surface area contributed by atoms with Crippen LogP contribution in [0.1, 0.15) is 15.9 Å². The van der Waals surface area contributed by atoms with Crippen molar-refractivity contribution in [3.63, 3.8) is 0 Å². The normalized spacial score (nSPS) is 10.3. The van der Waals surface area contributed by atoms with E-state index in [0.29, 0.717) is 28.5 Å². The molecule has 0 fully saturated rings. The lowest BCUT2D eigenvalue weighted by atomic mass is 10.1. The molecule has 0 aliphatic heterocycles. The van der Waals surface area contributed by atoms with E-state index in [-0.39, 0.29) is 19.0 Å². The Kier molecular flexibility index (Phi) is 6.86. The Morgan fingerprint density at radius 3 is 2.27 bits per heavy atom. The second-order valence-electron chi connectivity index (χ2n) is 5.57. The summed E-state index contributed by atoms with van der Waals surface area (Å²) in [4.78, 5) is 25.0. The molecule has 0 saturated heterocycles. The van der Waals surface area contributed by atoms with Gasteiger partial charge in [-0.2, -0.15) is 0 Å². The van der Waals surface area contributed by atoms with Crippen molar-refractivity contribution < 1.29 is 24.2 Å². The van der Waals surface area contributed by atoms with Gasteiger partial charge in [0.15, 0.2) is 11.5 Å². The second kappa shape index (κ2) is 9.10. The fourth-order valence-corrected chi connectivity index (χ4v) is 2.62. The van der Waals surface area contributed by atoms with Crippen molar-refractivity contribution in [2.24, 2.45) is 0 Å². The van der Waals surface area contributed by atoms with Crippen LogP contribution >= 0.6 is 11.6 Å². The molecule has 0 aliphatic rings. The largest absolute Gasteiger partial charge is 0.493 e. The highest BCUT2D eigenvalue weighted by atomic mass is 35.5. The Labute approximate surface area is 156 Å². The smallest absolute Gasteiger partial charge is 0.323 e. The molecule has 0 spiro atoms. The third-order valence-corrected chi connectivity index (χ3v) is 4.07. The topological polar surface area (TPSA) is 76.1 Å². The number of rotatable bonds is 8. The average Bonchev–Trinajstić information content (AvgIpc) is 2.64. The molecule has 2 rings (SSSR count). The zero-order valence-electron chi connectivity index (χ0n) is 14.6. The van der Waals surface area contributed by atoms with Gasteiger partial charge in [0.2, 0.25) is 0 Å². The molecule has 0 aromatic heterocycles. The van der Waals surface area contributed by atoms with Crippen LogP contribution in [0.4, 0.5) is 0 Å². The van der Waals surface area contributed by atoms with Crippen molar-refractivity contribution in [1.82, 2.24) is 4.90 Å². The molecule has 1 N–H and O–H groups in total. The van der Waals surface area contributed by atoms with Crippen LogP contribution in [0.5, 0.6) is 11.5 Å². The minimum atomic E-state index is -1.07. The SMILES string of the molecule is COc1ccc(CCN(CC(=O)O)C(=O)c2ccc(Cl)cc2)cc1OC. The fourth-order valence-electron chi connectivity index (χ4n) is 2.49. The highest BCUT2D eigenvalue weighted by Gasteiger charge is 2.18. The minimum Gasteiger partial charge on any atom is -0.493 e. The molecule has 26 heavy (non-hydrogen) atoms. The van der Waals surface area contributed by atoms with Crippen molar-refractivity contribution >= 4 is 23.5 Å². The van der Waals surface area contributed by atoms with Gasteiger partial charge in [-0.3, -0.25) is 9.59 Å². The molecule has 0 atom stereocenters. The summed E-state index contributed by atoms with van der Waals surface area (Å²) in [5.41, 5.74) is 1.30. The quantitative estimate of drug-likeness (QED) is 0.764. The number of carboxylic acids is 1. The molecule has 2 aromatic carbocycles. The number of benzene rings is 2. The molecule has 7 heteroatoms. The maximum atomic E-state index is 12.6. The lowest BCUT2D eigenvalue weighted by Crippen LogP contribution is -2.37. The van der Waals surface area contributed by atoms with Gasteiger partial charge in [-0.15, -0.1) is 0 Å². The lowest BCUT2D eigenvalue weighted by Gasteiger charge is -2.21. The van der Waals surface area contributed by atoms with Crippen LogP contribution < -0.4 is 9.47 Å². The van der Waals surface area contributed by atoms with Crippen LogP contribution in [0.2, 0.25) is 5.02 Å². The van der Waals surface area contributed by atoms with Crippen LogP contribution in [0.15, 0.2) is 42.5 Å². The van der Waals surface area contributed by atoms with Gasteiger partial charge in [0, 0.05) is 17.1 Å². The maximum absolute atomic E-state index is 12.6. The van der Waals surface area contributed by atoms with Crippen molar-refractivity contribution in [1.29, 1.82) is 0 Å². The second-order valence-corrected chi connectivity index (χ2v) is 6.00. The summed E-state index contributed by atoms with van der Waals surface area (Å²) in [6.45, 7) is -0.127. The van der Waals surface area contributed by atoms with Crippen molar-refractivity contribution in [3.05, 3.63) is 58.6 Å². The standard InChI is InChI=1S/C19H20ClNO5/c1-25-16-8-3-13(11-17(16)26-2)9-10-21(12-18(22)23)19(24)14-4-6-15(20)7-5-14/h3-8,11H,9-10,12H2,1-2H3,(H,22,23). The highest BCUT2D eigenvalue weighted by Crippen LogP contribution is 2.27. The number of carbonyl (C=O) groups excluding carboxylic acids is 1. The van der Waals surface area contributed by atoms with Crippen molar-refractivity contribution in [2.75, 3.05) is 27.3 Å². The van der Waals surface area contributed by atoms with E-state index >= 15 is 0 Å². The van der Waals surface area contributed by atoms with Gasteiger partial charge >= 0.3 is 5.97 Å². The number of carbonyl (C=O) groups is 2. The van der Waals surface area contributed by atoms with Gasteiger partial charge in [-0.1, -0.05) is 17.7 Å². The van der Waals surface area contributed by atoms with E-state index in [4.69, 9.17) is 26.2 Å². The number of hydrogen-bond donors (Lipinski definition) is 1. The highest BCUT2D eigenvalue weighted by molar-refractivity contribution is 6.30. The summed E-state index contributed by atoms with van der Waals surface area (Å²) < 4.78 is 10.5. The summed E-state index contributed by atoms with van der Waals surface area (Å²) in [6.07, 6.45) is 0.479. The monoisotopic (exact) mass is 377 g/mol. The van der Waals surface area contributed by atoms with E-state index in [0.717, 1.165) is 5.56 Å². The first kappa shape index (κ1) is 19.6. The van der Waals surface area contributed by atoms with Crippen LogP contribution in [0.3, 0.4) is 0 Å². The van der Waals surface area contributed by atoms with E-state index in [1.807, 2.05) is 12.1 Å². The molecule has 0 unspecified atom stereocenters. The fraction of sp³-hybridized carbons (Fsp3) is 0.263. The molecule has 138 valence electrons. The zero-order valence-corrected chi connectivity index (χ0v) is 15.3. The molecule has 0 radical (unpaired) electrons. The number of carboxylic acid groups (broad SMARTS) is 1. The number of methoxy groups -OCH3 is 2. The summed E-state index contributed by atoms with van der Waals surface area (Å²) >= 11 is 5.83. The molecule has 0 saturated carbocycles. The minimum absolute atomic E-state index is 0.253. The third kappa shape index (κ3) is 5.13. The summed E-state index contributed by atoms with van der Waals surface area (Å²) in [5, 5.41) is 9.63. The predicted octanol–water partition coefficient (Wildman–Crippen LogP) is 3.13. The first-order valence-corrected chi connectivity index (χ1v) is 8.30. The van der Waals surface area contributed by atoms with E-state index in [1.54, 1.807) is 44.6 Å². The molecule has 0 bridgehead atoms. The molecule has 1 amide bonds. The van der Waals surface area contributed by atoms with E-state index in [9.17, 15) is 9.59 Å². The van der Waals surface area contributed by atoms with Gasteiger partial charge in [0.05, 0.1) is 14.2 Å². The molecule has 2 aromatic rings. The summed E-state index contributed by atoms with van der Waals surface area (Å²) in [6, 6.07) is 11.8. The van der Waals surface area contributed by atoms with Gasteiger partial charge in [-0.25, -0.2) is 0 Å². The number of ether oxygens (including phenoxy) is 2. The van der Waals surface area contributed by atoms with E-state index in [2.05, 4.69) is 0 Å². The van der Waals surface area contributed by atoms with Gasteiger partial charge < -0.3 is 19.5 Å². The van der Waals surface area contributed by atoms with E-state index in [1.165, 1.54) is 4.90 Å². The number of nitrogens with zero attached hydrogens (tertiary/aromatic N) is 1. The Morgan fingerprint density at radius 2 is 1.69 bits per heavy atom. The number of aliphatic carboxylic acids is 1. The lowest BCUT2D eigenvalue weighted by molar-refractivity contribution is -0.137.